The van der Waals surface area contributed by atoms with Crippen LogP contribution in [0.2, 0.25) is 0 Å². The Bertz CT molecular complexity index is 2500. The van der Waals surface area contributed by atoms with Gasteiger partial charge in [-0.1, -0.05) is 38.8 Å². The Labute approximate surface area is 342 Å². The normalized spacial score (nSPS) is 11.5. The lowest BCUT2D eigenvalue weighted by atomic mass is 10.2. The molecule has 306 valence electrons. The number of hydrogen-bond acceptors (Lipinski definition) is 18. The number of anilines is 2. The zero-order chi connectivity index (χ0) is 42.2. The molecule has 4 N–H and O–H groups in total. The molecule has 0 aliphatic rings. The lowest BCUT2D eigenvalue weighted by molar-refractivity contribution is 0.0592. The van der Waals surface area contributed by atoms with E-state index in [0.717, 1.165) is 25.7 Å². The predicted molar refractivity (Wildman–Crippen MR) is 216 cm³/mol. The third-order valence-electron chi connectivity index (χ3n) is 9.06. The van der Waals surface area contributed by atoms with Crippen LogP contribution in [-0.2, 0) is 22.3 Å². The third kappa shape index (κ3) is 8.05. The Morgan fingerprint density at radius 3 is 1.45 bits per heavy atom. The summed E-state index contributed by atoms with van der Waals surface area (Å²) in [6.07, 6.45) is 11.5. The molecule has 0 saturated heterocycles. The molecule has 0 amide bonds. The molecule has 0 unspecified atom stereocenters. The minimum atomic E-state index is -0.656. The summed E-state index contributed by atoms with van der Waals surface area (Å²) in [4.78, 5) is 43.0. The summed E-state index contributed by atoms with van der Waals surface area (Å²) in [6, 6.07) is 12.1. The first-order valence-electron chi connectivity index (χ1n) is 18.8. The number of aromatic nitrogens is 12. The van der Waals surface area contributed by atoms with E-state index in [1.54, 1.807) is 54.9 Å². The van der Waals surface area contributed by atoms with Gasteiger partial charge in [0, 0.05) is 18.5 Å². The Morgan fingerprint density at radius 1 is 0.617 bits per heavy atom. The summed E-state index contributed by atoms with van der Waals surface area (Å²) in [6.45, 7) is 4.10. The lowest BCUT2D eigenvalue weighted by Gasteiger charge is -2.07. The van der Waals surface area contributed by atoms with Crippen molar-refractivity contribution in [2.75, 3.05) is 25.7 Å². The van der Waals surface area contributed by atoms with Crippen LogP contribution in [0.4, 0.5) is 34.6 Å². The minimum Gasteiger partial charge on any atom is -0.465 e. The number of azo groups is 2. The lowest BCUT2D eigenvalue weighted by Crippen LogP contribution is -2.09. The second-order valence-electron chi connectivity index (χ2n) is 13.0. The van der Waals surface area contributed by atoms with Gasteiger partial charge in [-0.2, -0.15) is 39.1 Å². The number of pyridine rings is 2. The molecule has 0 saturated carbocycles. The summed E-state index contributed by atoms with van der Waals surface area (Å²) in [5, 5.41) is 36.1. The van der Waals surface area contributed by atoms with Crippen molar-refractivity contribution in [2.24, 2.45) is 20.5 Å². The van der Waals surface area contributed by atoms with Crippen LogP contribution in [0.1, 0.15) is 71.6 Å². The molecule has 0 bridgehead atoms. The number of carbonyl (C=O) groups is 2. The molecule has 22 heteroatoms. The molecule has 0 fully saturated rings. The van der Waals surface area contributed by atoms with E-state index in [-0.39, 0.29) is 57.4 Å². The van der Waals surface area contributed by atoms with Crippen LogP contribution in [0.25, 0.3) is 23.3 Å². The molecular weight excluding hydrogens is 773 g/mol. The van der Waals surface area contributed by atoms with Gasteiger partial charge in [0.2, 0.25) is 0 Å². The summed E-state index contributed by atoms with van der Waals surface area (Å²) >= 11 is 0. The minimum absolute atomic E-state index is 0.0742. The van der Waals surface area contributed by atoms with Gasteiger partial charge in [-0.25, -0.2) is 29.5 Å². The highest BCUT2D eigenvalue weighted by molar-refractivity contribution is 5.94. The maximum Gasteiger partial charge on any atom is 0.343 e. The van der Waals surface area contributed by atoms with E-state index in [1.165, 1.54) is 51.7 Å². The number of nitrogens with two attached hydrogens (primary N) is 2. The Balaban J connectivity index is 1.28. The number of methoxy groups -OCH3 is 2. The number of carbonyl (C=O) groups excluding carboxylic acids is 2. The van der Waals surface area contributed by atoms with E-state index in [2.05, 4.69) is 64.4 Å². The van der Waals surface area contributed by atoms with Gasteiger partial charge in [-0.05, 0) is 49.9 Å². The van der Waals surface area contributed by atoms with Crippen molar-refractivity contribution in [3.8, 4) is 23.3 Å². The van der Waals surface area contributed by atoms with Crippen molar-refractivity contribution >= 4 is 46.6 Å². The van der Waals surface area contributed by atoms with Gasteiger partial charge in [0.15, 0.2) is 57.9 Å². The standard InChI is InChI=1S/C38H40N18O4/c1-5-7-13-25-31(47-49-35-23(37(57)59-3)20-45-55(35)27-15-9-11-17-41-27)33(39)53(51-25)29-19-30(44-22-43-29)54-34(40)32(26(52-54)14-8-6-2)48-50-36-24(38(58)60-4)21-46-56(36)28-16-10-12-18-42-28/h9-12,15-22H,5-8,13-14,39-40H2,1-4H3/b49-47+,50-48+. The van der Waals surface area contributed by atoms with E-state index in [1.807, 2.05) is 0 Å². The SMILES string of the molecule is CCCCc1nn(-c2cc(-n3nc(CCCC)c(/N=N/c4c(C(=O)OC)cnn4-c4ccccn4)c3N)ncn2)c(N)c1/N=N/c1c(C(=O)OC)cnn1-c1ccccn1. The summed E-state index contributed by atoms with van der Waals surface area (Å²) in [7, 11) is 2.53. The van der Waals surface area contributed by atoms with E-state index in [9.17, 15) is 9.59 Å². The van der Waals surface area contributed by atoms with Gasteiger partial charge < -0.3 is 20.9 Å². The molecule has 7 aromatic heterocycles. The highest BCUT2D eigenvalue weighted by Crippen LogP contribution is 2.36. The number of aryl methyl sites for hydroxylation is 2. The molecule has 7 rings (SSSR count). The second-order valence-corrected chi connectivity index (χ2v) is 13.0. The fourth-order valence-electron chi connectivity index (χ4n) is 5.97. The van der Waals surface area contributed by atoms with E-state index < -0.39 is 11.9 Å². The fourth-order valence-corrected chi connectivity index (χ4v) is 5.97. The van der Waals surface area contributed by atoms with Crippen molar-refractivity contribution < 1.29 is 19.1 Å². The van der Waals surface area contributed by atoms with Crippen LogP contribution in [0, 0.1) is 0 Å². The first-order chi connectivity index (χ1) is 29.3. The number of esters is 2. The number of hydrogen-bond donors (Lipinski definition) is 2. The third-order valence-corrected chi connectivity index (χ3v) is 9.06. The zero-order valence-corrected chi connectivity index (χ0v) is 33.1. The van der Waals surface area contributed by atoms with Gasteiger partial charge in [0.1, 0.15) is 17.5 Å². The number of ether oxygens (including phenoxy) is 2. The average Bonchev–Trinajstić information content (AvgIpc) is 4.06. The first kappa shape index (κ1) is 40.2. The highest BCUT2D eigenvalue weighted by atomic mass is 16.5. The number of unbranched alkanes of at least 4 members (excludes halogenated alkanes) is 2. The average molecular weight is 813 g/mol. The van der Waals surface area contributed by atoms with Crippen LogP contribution >= 0.6 is 0 Å². The Hall–Kier alpha value is -8.04. The fraction of sp³-hybridized carbons (Fsp3) is 0.263. The smallest absolute Gasteiger partial charge is 0.343 e. The van der Waals surface area contributed by atoms with Crippen molar-refractivity contribution in [1.82, 2.24) is 59.1 Å². The van der Waals surface area contributed by atoms with E-state index in [0.29, 0.717) is 35.9 Å². The van der Waals surface area contributed by atoms with Crippen LogP contribution in [0.3, 0.4) is 0 Å². The predicted octanol–water partition coefficient (Wildman–Crippen LogP) is 6.26. The van der Waals surface area contributed by atoms with Crippen molar-refractivity contribution in [1.29, 1.82) is 0 Å². The molecule has 0 aliphatic carbocycles. The van der Waals surface area contributed by atoms with Crippen LogP contribution in [0.15, 0.2) is 94.0 Å². The number of nitrogen functional groups attached to an aromatic ring is 2. The number of nitrogens with zero attached hydrogens (tertiary/aromatic N) is 16. The summed E-state index contributed by atoms with van der Waals surface area (Å²) in [5.74, 6) is 0.477. The van der Waals surface area contributed by atoms with Crippen LogP contribution in [0.5, 0.6) is 0 Å². The van der Waals surface area contributed by atoms with Crippen molar-refractivity contribution in [3.05, 3.63) is 96.1 Å². The summed E-state index contributed by atoms with van der Waals surface area (Å²) < 4.78 is 15.6. The quantitative estimate of drug-likeness (QED) is 0.0805. The maximum absolute atomic E-state index is 12.7. The monoisotopic (exact) mass is 812 g/mol. The molecule has 0 atom stereocenters. The maximum atomic E-state index is 12.7. The topological polar surface area (TPSA) is 277 Å². The summed E-state index contributed by atoms with van der Waals surface area (Å²) in [5.41, 5.74) is 15.3. The van der Waals surface area contributed by atoms with E-state index >= 15 is 0 Å². The zero-order valence-electron chi connectivity index (χ0n) is 33.1. The Kier molecular flexibility index (Phi) is 12.1. The van der Waals surface area contributed by atoms with Crippen molar-refractivity contribution in [2.45, 2.75) is 52.4 Å². The van der Waals surface area contributed by atoms with Gasteiger partial charge in [-0.3, -0.25) is 0 Å². The molecule has 7 aromatic rings. The molecule has 22 nitrogen and oxygen atoms in total. The molecule has 0 aliphatic heterocycles. The molecule has 0 aromatic carbocycles. The molecule has 60 heavy (non-hydrogen) atoms. The van der Waals surface area contributed by atoms with Crippen molar-refractivity contribution in [3.63, 3.8) is 0 Å². The highest BCUT2D eigenvalue weighted by Gasteiger charge is 2.25. The van der Waals surface area contributed by atoms with Gasteiger partial charge in [-0.15, -0.1) is 20.5 Å². The molecule has 0 radical (unpaired) electrons. The second kappa shape index (κ2) is 18.0. The van der Waals surface area contributed by atoms with Gasteiger partial charge in [0.25, 0.3) is 0 Å². The van der Waals surface area contributed by atoms with E-state index in [4.69, 9.17) is 31.1 Å². The molecule has 0 spiro atoms. The molecule has 7 heterocycles. The Morgan fingerprint density at radius 2 is 1.07 bits per heavy atom. The van der Waals surface area contributed by atoms with Crippen LogP contribution in [-0.4, -0.2) is 85.2 Å². The van der Waals surface area contributed by atoms with Gasteiger partial charge >= 0.3 is 11.9 Å². The van der Waals surface area contributed by atoms with Gasteiger partial charge in [0.05, 0.1) is 38.0 Å². The largest absolute Gasteiger partial charge is 0.465 e. The first-order valence-corrected chi connectivity index (χ1v) is 18.8. The van der Waals surface area contributed by atoms with Crippen LogP contribution < -0.4 is 11.5 Å². The molecular formula is C38H40N18O4. The number of rotatable bonds is 16.